The maximum atomic E-state index is 14.1. The van der Waals surface area contributed by atoms with Gasteiger partial charge in [-0.2, -0.15) is 4.52 Å². The normalized spacial score (nSPS) is 11.3. The van der Waals surface area contributed by atoms with Gasteiger partial charge in [-0.3, -0.25) is 0 Å². The highest BCUT2D eigenvalue weighted by Gasteiger charge is 2.06. The Kier molecular flexibility index (Phi) is 4.20. The van der Waals surface area contributed by atoms with Gasteiger partial charge in [-0.15, -0.1) is 15.3 Å². The van der Waals surface area contributed by atoms with Crippen molar-refractivity contribution < 1.29 is 4.39 Å². The van der Waals surface area contributed by atoms with Crippen molar-refractivity contribution in [3.8, 4) is 0 Å². The second-order valence-electron chi connectivity index (χ2n) is 5.75. The van der Waals surface area contributed by atoms with Crippen LogP contribution in [-0.2, 0) is 13.1 Å². The molecule has 2 aromatic heterocycles. The third kappa shape index (κ3) is 3.45. The number of nitrogens with zero attached hydrogens (tertiary/aromatic N) is 5. The van der Waals surface area contributed by atoms with Gasteiger partial charge in [0.25, 0.3) is 0 Å². The Balaban J connectivity index is 1.71. The zero-order chi connectivity index (χ0) is 16.4. The van der Waals surface area contributed by atoms with Crippen molar-refractivity contribution in [2.24, 2.45) is 0 Å². The van der Waals surface area contributed by atoms with Crippen LogP contribution in [0.15, 0.2) is 30.3 Å². The average molecular weight is 314 g/mol. The van der Waals surface area contributed by atoms with Gasteiger partial charge in [0.1, 0.15) is 11.6 Å². The van der Waals surface area contributed by atoms with Gasteiger partial charge in [0.2, 0.25) is 0 Å². The smallest absolute Gasteiger partial charge is 0.178 e. The molecule has 120 valence electrons. The summed E-state index contributed by atoms with van der Waals surface area (Å²) in [5.41, 5.74) is 2.26. The van der Waals surface area contributed by atoms with Crippen molar-refractivity contribution in [1.82, 2.24) is 24.7 Å². The van der Waals surface area contributed by atoms with Gasteiger partial charge >= 0.3 is 0 Å². The van der Waals surface area contributed by atoms with Crippen molar-refractivity contribution in [3.05, 3.63) is 53.1 Å². The van der Waals surface area contributed by atoms with E-state index in [-0.39, 0.29) is 5.82 Å². The Morgan fingerprint density at radius 3 is 2.74 bits per heavy atom. The molecule has 0 aliphatic carbocycles. The molecule has 3 rings (SSSR count). The standard InChI is InChI=1S/C16H19FN6/c1-11-19-20-16-7-6-15(21-23(11)16)18-9-12-4-5-13(10-22(2)3)14(17)8-12/h4-8H,9-10H2,1-3H3,(H,18,21). The summed E-state index contributed by atoms with van der Waals surface area (Å²) in [6.07, 6.45) is 0. The van der Waals surface area contributed by atoms with E-state index in [9.17, 15) is 4.39 Å². The minimum absolute atomic E-state index is 0.184. The number of hydrogen-bond acceptors (Lipinski definition) is 5. The summed E-state index contributed by atoms with van der Waals surface area (Å²) in [5, 5.41) is 15.6. The van der Waals surface area contributed by atoms with Crippen LogP contribution < -0.4 is 5.32 Å². The van der Waals surface area contributed by atoms with Crippen LogP contribution in [0.2, 0.25) is 0 Å². The molecule has 6 nitrogen and oxygen atoms in total. The van der Waals surface area contributed by atoms with Crippen LogP contribution >= 0.6 is 0 Å². The van der Waals surface area contributed by atoms with E-state index in [4.69, 9.17) is 0 Å². The highest BCUT2D eigenvalue weighted by molar-refractivity contribution is 5.44. The number of hydrogen-bond donors (Lipinski definition) is 1. The minimum Gasteiger partial charge on any atom is -0.365 e. The highest BCUT2D eigenvalue weighted by Crippen LogP contribution is 2.14. The molecule has 0 amide bonds. The summed E-state index contributed by atoms with van der Waals surface area (Å²) in [5.74, 6) is 1.23. The fraction of sp³-hybridized carbons (Fsp3) is 0.312. The third-order valence-electron chi connectivity index (χ3n) is 3.50. The largest absolute Gasteiger partial charge is 0.365 e. The first kappa shape index (κ1) is 15.4. The molecule has 1 aromatic carbocycles. The molecule has 0 saturated carbocycles. The Morgan fingerprint density at radius 2 is 2.00 bits per heavy atom. The zero-order valence-electron chi connectivity index (χ0n) is 13.4. The lowest BCUT2D eigenvalue weighted by atomic mass is 10.1. The first-order chi connectivity index (χ1) is 11.0. The molecule has 7 heteroatoms. The third-order valence-corrected chi connectivity index (χ3v) is 3.50. The van der Waals surface area contributed by atoms with Gasteiger partial charge in [0.05, 0.1) is 0 Å². The number of nitrogens with one attached hydrogen (secondary N) is 1. The van der Waals surface area contributed by atoms with E-state index in [0.29, 0.717) is 30.1 Å². The van der Waals surface area contributed by atoms with Crippen LogP contribution in [-0.4, -0.2) is 38.8 Å². The van der Waals surface area contributed by atoms with Crippen LogP contribution in [0.4, 0.5) is 10.2 Å². The van der Waals surface area contributed by atoms with Gasteiger partial charge in [0.15, 0.2) is 11.5 Å². The van der Waals surface area contributed by atoms with E-state index >= 15 is 0 Å². The van der Waals surface area contributed by atoms with Gasteiger partial charge in [-0.1, -0.05) is 12.1 Å². The molecule has 0 spiro atoms. The minimum atomic E-state index is -0.184. The Bertz CT molecular complexity index is 827. The second-order valence-corrected chi connectivity index (χ2v) is 5.75. The van der Waals surface area contributed by atoms with Crippen LogP contribution in [0.5, 0.6) is 0 Å². The summed E-state index contributed by atoms with van der Waals surface area (Å²) < 4.78 is 15.7. The summed E-state index contributed by atoms with van der Waals surface area (Å²) in [6, 6.07) is 9.00. The molecular formula is C16H19FN6. The zero-order valence-corrected chi connectivity index (χ0v) is 13.4. The average Bonchev–Trinajstić information content (AvgIpc) is 2.88. The van der Waals surface area contributed by atoms with Crippen LogP contribution in [0.1, 0.15) is 17.0 Å². The fourth-order valence-electron chi connectivity index (χ4n) is 2.35. The lowest BCUT2D eigenvalue weighted by Crippen LogP contribution is -2.12. The van der Waals surface area contributed by atoms with E-state index in [1.54, 1.807) is 10.6 Å². The summed E-state index contributed by atoms with van der Waals surface area (Å²) in [7, 11) is 3.84. The molecule has 3 aromatic rings. The lowest BCUT2D eigenvalue weighted by Gasteiger charge is -2.12. The van der Waals surface area contributed by atoms with Gasteiger partial charge in [-0.05, 0) is 44.8 Å². The molecule has 0 fully saturated rings. The van der Waals surface area contributed by atoms with Crippen molar-refractivity contribution in [2.45, 2.75) is 20.0 Å². The molecule has 0 aliphatic heterocycles. The first-order valence-electron chi connectivity index (χ1n) is 7.38. The molecule has 0 bridgehead atoms. The van der Waals surface area contributed by atoms with E-state index in [1.165, 1.54) is 0 Å². The predicted molar refractivity (Wildman–Crippen MR) is 86.6 cm³/mol. The van der Waals surface area contributed by atoms with E-state index < -0.39 is 0 Å². The topological polar surface area (TPSA) is 58.4 Å². The van der Waals surface area contributed by atoms with Gasteiger partial charge in [0, 0.05) is 18.7 Å². The van der Waals surface area contributed by atoms with Crippen LogP contribution in [0.25, 0.3) is 5.65 Å². The monoisotopic (exact) mass is 314 g/mol. The number of halogens is 1. The number of benzene rings is 1. The molecule has 0 atom stereocenters. The molecule has 1 N–H and O–H groups in total. The SMILES string of the molecule is Cc1nnc2ccc(NCc3ccc(CN(C)C)c(F)c3)nn12. The maximum Gasteiger partial charge on any atom is 0.178 e. The number of aromatic nitrogens is 4. The molecule has 0 unspecified atom stereocenters. The van der Waals surface area contributed by atoms with Crippen LogP contribution in [0, 0.1) is 12.7 Å². The highest BCUT2D eigenvalue weighted by atomic mass is 19.1. The number of aryl methyl sites for hydroxylation is 1. The quantitative estimate of drug-likeness (QED) is 0.783. The summed E-state index contributed by atoms with van der Waals surface area (Å²) >= 11 is 0. The second kappa shape index (κ2) is 6.29. The number of fused-ring (bicyclic) bond motifs is 1. The molecule has 2 heterocycles. The van der Waals surface area contributed by atoms with Crippen molar-refractivity contribution >= 4 is 11.5 Å². The summed E-state index contributed by atoms with van der Waals surface area (Å²) in [4.78, 5) is 1.94. The summed E-state index contributed by atoms with van der Waals surface area (Å²) in [6.45, 7) is 2.93. The fourth-order valence-corrected chi connectivity index (χ4v) is 2.35. The molecule has 23 heavy (non-hydrogen) atoms. The lowest BCUT2D eigenvalue weighted by molar-refractivity contribution is 0.392. The number of rotatable bonds is 5. The van der Waals surface area contributed by atoms with Crippen LogP contribution in [0.3, 0.4) is 0 Å². The molecule has 0 radical (unpaired) electrons. The van der Waals surface area contributed by atoms with E-state index in [2.05, 4.69) is 20.6 Å². The Morgan fingerprint density at radius 1 is 1.17 bits per heavy atom. The van der Waals surface area contributed by atoms with Crippen molar-refractivity contribution in [1.29, 1.82) is 0 Å². The van der Waals surface area contributed by atoms with Gasteiger partial charge < -0.3 is 10.2 Å². The predicted octanol–water partition coefficient (Wildman–Crippen LogP) is 2.25. The maximum absolute atomic E-state index is 14.1. The van der Waals surface area contributed by atoms with Gasteiger partial charge in [-0.25, -0.2) is 4.39 Å². The number of anilines is 1. The molecular weight excluding hydrogens is 295 g/mol. The first-order valence-corrected chi connectivity index (χ1v) is 7.38. The molecule has 0 aliphatic rings. The Labute approximate surface area is 134 Å². The van der Waals surface area contributed by atoms with E-state index in [1.807, 2.05) is 50.2 Å². The van der Waals surface area contributed by atoms with Crippen molar-refractivity contribution in [2.75, 3.05) is 19.4 Å². The Hall–Kier alpha value is -2.54. The molecule has 0 saturated heterocycles. The van der Waals surface area contributed by atoms with Crippen molar-refractivity contribution in [3.63, 3.8) is 0 Å². The van der Waals surface area contributed by atoms with E-state index in [0.717, 1.165) is 11.4 Å².